The molecule has 0 radical (unpaired) electrons. The quantitative estimate of drug-likeness (QED) is 0.667. The lowest BCUT2D eigenvalue weighted by Gasteiger charge is -2.29. The van der Waals surface area contributed by atoms with Gasteiger partial charge in [-0.1, -0.05) is 18.3 Å². The normalized spacial score (nSPS) is 22.5. The molecule has 0 aliphatic heterocycles. The third-order valence-corrected chi connectivity index (χ3v) is 4.64. The molecule has 1 aliphatic rings. The van der Waals surface area contributed by atoms with E-state index < -0.39 is 0 Å². The number of thiocarbonyl (C=S) groups is 1. The van der Waals surface area contributed by atoms with E-state index in [1.54, 1.807) is 18.9 Å². The Morgan fingerprint density at radius 1 is 1.35 bits per heavy atom. The predicted molar refractivity (Wildman–Crippen MR) is 87.8 cm³/mol. The van der Waals surface area contributed by atoms with Crippen molar-refractivity contribution in [3.05, 3.63) is 23.8 Å². The van der Waals surface area contributed by atoms with Crippen molar-refractivity contribution in [3.8, 4) is 5.75 Å². The molecule has 5 heteroatoms. The van der Waals surface area contributed by atoms with Gasteiger partial charge in [-0.2, -0.15) is 0 Å². The molecule has 3 nitrogen and oxygen atoms in total. The smallest absolute Gasteiger partial charge is 0.131 e. The van der Waals surface area contributed by atoms with Crippen LogP contribution in [-0.4, -0.2) is 30.6 Å². The van der Waals surface area contributed by atoms with Crippen LogP contribution in [0.4, 0.5) is 0 Å². The maximum absolute atomic E-state index is 6.16. The lowest BCUT2D eigenvalue weighted by Crippen LogP contribution is -2.30. The van der Waals surface area contributed by atoms with E-state index in [0.717, 1.165) is 41.9 Å². The minimum absolute atomic E-state index is 0.180. The van der Waals surface area contributed by atoms with Crippen molar-refractivity contribution in [1.82, 2.24) is 0 Å². The number of ether oxygens (including phenoxy) is 2. The minimum Gasteiger partial charge on any atom is -0.490 e. The molecule has 1 aromatic rings. The second-order valence-electron chi connectivity index (χ2n) is 4.96. The number of methoxy groups -OCH3 is 1. The molecular weight excluding hydrogens is 290 g/mol. The summed E-state index contributed by atoms with van der Waals surface area (Å²) in [6, 6.07) is 5.95. The fourth-order valence-electron chi connectivity index (χ4n) is 2.62. The van der Waals surface area contributed by atoms with Crippen LogP contribution >= 0.6 is 24.0 Å². The zero-order valence-corrected chi connectivity index (χ0v) is 13.6. The fourth-order valence-corrected chi connectivity index (χ4v) is 3.53. The van der Waals surface area contributed by atoms with Crippen molar-refractivity contribution in [2.24, 2.45) is 5.73 Å². The van der Waals surface area contributed by atoms with Crippen LogP contribution in [0.15, 0.2) is 23.1 Å². The Labute approximate surface area is 130 Å². The van der Waals surface area contributed by atoms with Gasteiger partial charge in [0.1, 0.15) is 16.8 Å². The third kappa shape index (κ3) is 3.65. The minimum atomic E-state index is 0.180. The Morgan fingerprint density at radius 3 is 2.75 bits per heavy atom. The summed E-state index contributed by atoms with van der Waals surface area (Å²) in [5, 5.41) is 0. The molecule has 20 heavy (non-hydrogen) atoms. The topological polar surface area (TPSA) is 44.5 Å². The summed E-state index contributed by atoms with van der Waals surface area (Å²) >= 11 is 6.81. The number of benzene rings is 1. The van der Waals surface area contributed by atoms with Crippen LogP contribution in [0.3, 0.4) is 0 Å². The van der Waals surface area contributed by atoms with Crippen molar-refractivity contribution in [3.63, 3.8) is 0 Å². The zero-order valence-electron chi connectivity index (χ0n) is 11.9. The number of rotatable bonds is 5. The van der Waals surface area contributed by atoms with Crippen molar-refractivity contribution < 1.29 is 9.47 Å². The zero-order chi connectivity index (χ0) is 14.5. The molecule has 2 N–H and O–H groups in total. The van der Waals surface area contributed by atoms with Crippen LogP contribution in [0.25, 0.3) is 0 Å². The molecular formula is C15H21NO2S2. The summed E-state index contributed by atoms with van der Waals surface area (Å²) in [6.45, 7) is 0. The molecule has 0 amide bonds. The highest BCUT2D eigenvalue weighted by molar-refractivity contribution is 7.98. The number of hydrogen-bond donors (Lipinski definition) is 1. The fraction of sp³-hybridized carbons (Fsp3) is 0.533. The number of hydrogen-bond acceptors (Lipinski definition) is 4. The van der Waals surface area contributed by atoms with Gasteiger partial charge >= 0.3 is 0 Å². The van der Waals surface area contributed by atoms with Gasteiger partial charge in [0.05, 0.1) is 11.7 Å². The van der Waals surface area contributed by atoms with Gasteiger partial charge < -0.3 is 15.2 Å². The molecule has 1 fully saturated rings. The van der Waals surface area contributed by atoms with Crippen molar-refractivity contribution in [1.29, 1.82) is 0 Å². The Morgan fingerprint density at radius 2 is 2.10 bits per heavy atom. The van der Waals surface area contributed by atoms with Gasteiger partial charge in [-0.05, 0) is 37.7 Å². The summed E-state index contributed by atoms with van der Waals surface area (Å²) in [6.07, 6.45) is 6.72. The van der Waals surface area contributed by atoms with Gasteiger partial charge in [-0.15, -0.1) is 11.8 Å². The molecule has 1 aliphatic carbocycles. The van der Waals surface area contributed by atoms with Crippen LogP contribution < -0.4 is 10.5 Å². The van der Waals surface area contributed by atoms with Crippen LogP contribution in [0.5, 0.6) is 5.75 Å². The molecule has 0 spiro atoms. The monoisotopic (exact) mass is 311 g/mol. The first-order valence-electron chi connectivity index (χ1n) is 6.82. The van der Waals surface area contributed by atoms with Crippen LogP contribution in [0.1, 0.15) is 31.2 Å². The molecule has 2 rings (SSSR count). The van der Waals surface area contributed by atoms with Gasteiger partial charge in [0.15, 0.2) is 0 Å². The number of thioether (sulfide) groups is 1. The summed E-state index contributed by atoms with van der Waals surface area (Å²) in [5.41, 5.74) is 6.72. The molecule has 1 saturated carbocycles. The molecule has 110 valence electrons. The highest BCUT2D eigenvalue weighted by atomic mass is 32.2. The maximum atomic E-state index is 6.16. The largest absolute Gasteiger partial charge is 0.490 e. The summed E-state index contributed by atoms with van der Waals surface area (Å²) < 4.78 is 11.6. The Kier molecular flexibility index (Phi) is 5.69. The molecule has 0 heterocycles. The Balaban J connectivity index is 2.18. The molecule has 0 saturated heterocycles. The second-order valence-corrected chi connectivity index (χ2v) is 6.25. The van der Waals surface area contributed by atoms with Gasteiger partial charge in [0.2, 0.25) is 0 Å². The SMILES string of the molecule is COC1CCCC(Oc2cccc(SC)c2C(N)=S)C1. The molecule has 2 atom stereocenters. The van der Waals surface area contributed by atoms with E-state index in [1.807, 2.05) is 24.5 Å². The van der Waals surface area contributed by atoms with Gasteiger partial charge in [0, 0.05) is 18.4 Å². The Bertz CT molecular complexity index is 479. The second kappa shape index (κ2) is 7.29. The van der Waals surface area contributed by atoms with Crippen molar-refractivity contribution in [2.75, 3.05) is 13.4 Å². The van der Waals surface area contributed by atoms with E-state index in [-0.39, 0.29) is 6.10 Å². The van der Waals surface area contributed by atoms with Crippen LogP contribution in [-0.2, 0) is 4.74 Å². The molecule has 1 aromatic carbocycles. The van der Waals surface area contributed by atoms with Gasteiger partial charge in [-0.3, -0.25) is 0 Å². The molecule has 0 aromatic heterocycles. The predicted octanol–water partition coefficient (Wildman–Crippen LogP) is 3.38. The standard InChI is InChI=1S/C15H21NO2S2/c1-17-10-5-3-6-11(9-10)18-12-7-4-8-13(20-2)14(12)15(16)19/h4,7-8,10-11H,3,5-6,9H2,1-2H3,(H2,16,19). The average Bonchev–Trinajstić information content (AvgIpc) is 2.46. The first kappa shape index (κ1) is 15.6. The summed E-state index contributed by atoms with van der Waals surface area (Å²) in [5.74, 6) is 0.797. The van der Waals surface area contributed by atoms with E-state index in [9.17, 15) is 0 Å². The molecule has 2 unspecified atom stereocenters. The lowest BCUT2D eigenvalue weighted by atomic mass is 9.95. The first-order valence-corrected chi connectivity index (χ1v) is 8.45. The van der Waals surface area contributed by atoms with Crippen LogP contribution in [0, 0.1) is 0 Å². The number of nitrogens with two attached hydrogens (primary N) is 1. The highest BCUT2D eigenvalue weighted by Crippen LogP contribution is 2.32. The van der Waals surface area contributed by atoms with E-state index in [1.165, 1.54) is 0 Å². The highest BCUT2D eigenvalue weighted by Gasteiger charge is 2.24. The summed E-state index contributed by atoms with van der Waals surface area (Å²) in [4.78, 5) is 1.46. The van der Waals surface area contributed by atoms with Crippen LogP contribution in [0.2, 0.25) is 0 Å². The maximum Gasteiger partial charge on any atom is 0.131 e. The van der Waals surface area contributed by atoms with Crippen molar-refractivity contribution in [2.45, 2.75) is 42.8 Å². The first-order chi connectivity index (χ1) is 9.65. The van der Waals surface area contributed by atoms with Gasteiger partial charge in [-0.25, -0.2) is 0 Å². The Hall–Kier alpha value is -0.780. The average molecular weight is 311 g/mol. The molecule has 0 bridgehead atoms. The third-order valence-electron chi connectivity index (χ3n) is 3.66. The van der Waals surface area contributed by atoms with E-state index in [0.29, 0.717) is 11.1 Å². The van der Waals surface area contributed by atoms with Gasteiger partial charge in [0.25, 0.3) is 0 Å². The van der Waals surface area contributed by atoms with E-state index >= 15 is 0 Å². The van der Waals surface area contributed by atoms with E-state index in [2.05, 4.69) is 0 Å². The lowest BCUT2D eigenvalue weighted by molar-refractivity contribution is 0.0208. The van der Waals surface area contributed by atoms with Crippen molar-refractivity contribution >= 4 is 29.0 Å². The van der Waals surface area contributed by atoms with E-state index in [4.69, 9.17) is 27.4 Å². The summed E-state index contributed by atoms with van der Waals surface area (Å²) in [7, 11) is 1.77.